The Morgan fingerprint density at radius 1 is 0.938 bits per heavy atom. The lowest BCUT2D eigenvalue weighted by Crippen LogP contribution is -2.33. The molecule has 0 fully saturated rings. The van der Waals surface area contributed by atoms with E-state index in [-0.39, 0.29) is 10.8 Å². The largest absolute Gasteiger partial charge is 0.347 e. The van der Waals surface area contributed by atoms with Gasteiger partial charge in [-0.05, 0) is 51.3 Å². The molecule has 0 spiro atoms. The fourth-order valence-electron chi connectivity index (χ4n) is 5.70. The van der Waals surface area contributed by atoms with E-state index in [2.05, 4.69) is 118 Å². The van der Waals surface area contributed by atoms with Crippen LogP contribution in [0.4, 0.5) is 5.69 Å². The summed E-state index contributed by atoms with van der Waals surface area (Å²) in [7, 11) is 2.20. The molecule has 32 heavy (non-hydrogen) atoms. The maximum Gasteiger partial charge on any atom is 0.209 e. The summed E-state index contributed by atoms with van der Waals surface area (Å²) < 4.78 is 2.40. The van der Waals surface area contributed by atoms with Crippen LogP contribution in [0.3, 0.4) is 0 Å². The lowest BCUT2D eigenvalue weighted by molar-refractivity contribution is -0.465. The Kier molecular flexibility index (Phi) is 5.58. The molecule has 0 radical (unpaired) electrons. The Morgan fingerprint density at radius 2 is 1.59 bits per heavy atom. The van der Waals surface area contributed by atoms with Crippen LogP contribution in [-0.2, 0) is 11.8 Å². The fraction of sp³-hybridized carbons (Fsp3) is 0.300. The lowest BCUT2D eigenvalue weighted by atomic mass is 9.74. The Balaban J connectivity index is 1.93. The number of benzene rings is 2. The summed E-state index contributed by atoms with van der Waals surface area (Å²) in [5, 5.41) is 0. The lowest BCUT2D eigenvalue weighted by Gasteiger charge is -2.30. The number of fused-ring (bicyclic) bond motifs is 1. The first-order valence-electron chi connectivity index (χ1n) is 11.5. The predicted octanol–water partition coefficient (Wildman–Crippen LogP) is 6.66. The van der Waals surface area contributed by atoms with Gasteiger partial charge < -0.3 is 4.90 Å². The molecule has 2 aromatic carbocycles. The molecule has 0 aromatic heterocycles. The van der Waals surface area contributed by atoms with Gasteiger partial charge in [-0.25, -0.2) is 0 Å². The topological polar surface area (TPSA) is 6.25 Å². The maximum absolute atomic E-state index is 4.13. The van der Waals surface area contributed by atoms with Crippen LogP contribution in [-0.4, -0.2) is 23.9 Å². The Bertz CT molecular complexity index is 1160. The Hall–Kier alpha value is -3.13. The highest BCUT2D eigenvalue weighted by molar-refractivity contribution is 6.01. The van der Waals surface area contributed by atoms with Gasteiger partial charge in [0.1, 0.15) is 6.54 Å². The zero-order valence-corrected chi connectivity index (χ0v) is 20.2. The van der Waals surface area contributed by atoms with E-state index < -0.39 is 0 Å². The summed E-state index contributed by atoms with van der Waals surface area (Å²) in [5.41, 5.74) is 8.81. The molecule has 4 rings (SSSR count). The van der Waals surface area contributed by atoms with Gasteiger partial charge in [0.15, 0.2) is 5.71 Å². The first-order chi connectivity index (χ1) is 15.3. The third kappa shape index (κ3) is 3.21. The second-order valence-corrected chi connectivity index (χ2v) is 9.56. The van der Waals surface area contributed by atoms with Crippen molar-refractivity contribution in [2.24, 2.45) is 5.41 Å². The fourth-order valence-corrected chi connectivity index (χ4v) is 5.70. The molecule has 1 atom stereocenters. The van der Waals surface area contributed by atoms with Crippen molar-refractivity contribution in [2.75, 3.05) is 18.5 Å². The van der Waals surface area contributed by atoms with Crippen molar-refractivity contribution in [2.45, 2.75) is 39.5 Å². The van der Waals surface area contributed by atoms with E-state index in [0.717, 1.165) is 13.0 Å². The third-order valence-corrected chi connectivity index (χ3v) is 7.35. The third-order valence-electron chi connectivity index (χ3n) is 7.35. The smallest absolute Gasteiger partial charge is 0.209 e. The number of hydrogen-bond acceptors (Lipinski definition) is 1. The molecule has 2 heteroatoms. The zero-order chi connectivity index (χ0) is 23.1. The van der Waals surface area contributed by atoms with Crippen molar-refractivity contribution < 1.29 is 4.58 Å². The quantitative estimate of drug-likeness (QED) is 0.471. The van der Waals surface area contributed by atoms with Crippen LogP contribution in [0.15, 0.2) is 103 Å². The minimum absolute atomic E-state index is 0.125. The Morgan fingerprint density at radius 3 is 2.22 bits per heavy atom. The average Bonchev–Trinajstić information content (AvgIpc) is 3.13. The van der Waals surface area contributed by atoms with Crippen LogP contribution < -0.4 is 4.90 Å². The monoisotopic (exact) mass is 423 g/mol. The molecular weight excluding hydrogens is 388 g/mol. The summed E-state index contributed by atoms with van der Waals surface area (Å²) in [6, 6.07) is 19.7. The van der Waals surface area contributed by atoms with Crippen molar-refractivity contribution in [1.82, 2.24) is 0 Å². The number of anilines is 1. The van der Waals surface area contributed by atoms with E-state index in [1.807, 2.05) is 12.2 Å². The maximum atomic E-state index is 4.13. The molecule has 0 saturated heterocycles. The van der Waals surface area contributed by atoms with Crippen LogP contribution in [0.1, 0.15) is 38.8 Å². The van der Waals surface area contributed by atoms with Crippen molar-refractivity contribution in [1.29, 1.82) is 0 Å². The van der Waals surface area contributed by atoms with Crippen LogP contribution in [0.2, 0.25) is 0 Å². The average molecular weight is 424 g/mol. The van der Waals surface area contributed by atoms with Gasteiger partial charge in [-0.1, -0.05) is 67.8 Å². The van der Waals surface area contributed by atoms with Gasteiger partial charge in [-0.2, -0.15) is 4.58 Å². The van der Waals surface area contributed by atoms with E-state index in [0.29, 0.717) is 0 Å². The van der Waals surface area contributed by atoms with Gasteiger partial charge in [0.25, 0.3) is 0 Å². The van der Waals surface area contributed by atoms with Crippen molar-refractivity contribution in [3.63, 3.8) is 0 Å². The van der Waals surface area contributed by atoms with Gasteiger partial charge in [0.05, 0.1) is 5.41 Å². The minimum atomic E-state index is -0.141. The molecule has 2 aliphatic heterocycles. The molecule has 2 heterocycles. The van der Waals surface area contributed by atoms with Gasteiger partial charge >= 0.3 is 0 Å². The molecule has 0 amide bonds. The number of rotatable bonds is 6. The predicted molar refractivity (Wildman–Crippen MR) is 137 cm³/mol. The molecule has 0 bridgehead atoms. The normalized spacial score (nSPS) is 23.2. The van der Waals surface area contributed by atoms with Gasteiger partial charge in [-0.3, -0.25) is 0 Å². The van der Waals surface area contributed by atoms with E-state index >= 15 is 0 Å². The molecule has 2 nitrogen and oxygen atoms in total. The number of likely N-dealkylation sites (N-methyl/N-ethyl adjacent to an activating group) is 2. The van der Waals surface area contributed by atoms with Gasteiger partial charge in [0, 0.05) is 41.6 Å². The first-order valence-corrected chi connectivity index (χ1v) is 11.5. The van der Waals surface area contributed by atoms with E-state index in [4.69, 9.17) is 0 Å². The van der Waals surface area contributed by atoms with Gasteiger partial charge in [0.2, 0.25) is 5.70 Å². The second-order valence-electron chi connectivity index (χ2n) is 9.56. The highest BCUT2D eigenvalue weighted by Crippen LogP contribution is 2.50. The second kappa shape index (κ2) is 8.09. The number of para-hydroxylation sites is 1. The SMILES string of the molecule is C=CC1=C(C=C)C(C)(C)C(C=C2N(C)c3ccccc3C2(C)Cc2ccccc2)=[N+]1CC. The summed E-state index contributed by atoms with van der Waals surface area (Å²) in [4.78, 5) is 2.38. The summed E-state index contributed by atoms with van der Waals surface area (Å²) in [6.45, 7) is 18.3. The minimum Gasteiger partial charge on any atom is -0.347 e. The first kappa shape index (κ1) is 22.1. The molecule has 0 saturated carbocycles. The van der Waals surface area contributed by atoms with E-state index in [1.54, 1.807) is 0 Å². The molecule has 0 aliphatic carbocycles. The van der Waals surface area contributed by atoms with E-state index in [9.17, 15) is 0 Å². The van der Waals surface area contributed by atoms with Crippen molar-refractivity contribution in [3.8, 4) is 0 Å². The highest BCUT2D eigenvalue weighted by atomic mass is 15.2. The standard InChI is InChI=1S/C30H35N2/c1-8-23-25(9-2)32(10-3)27(29(23,4)5)20-28-30(6,21-22-16-12-11-13-17-22)24-18-14-15-19-26(24)31(28)7/h8-9,11-20H,1-2,10,21H2,3-7H3/q+1. The molecule has 1 unspecified atom stereocenters. The van der Waals surface area contributed by atoms with Crippen LogP contribution in [0.5, 0.6) is 0 Å². The number of nitrogens with zero attached hydrogens (tertiary/aromatic N) is 2. The molecule has 164 valence electrons. The summed E-state index contributed by atoms with van der Waals surface area (Å²) in [5.74, 6) is 0. The number of hydrogen-bond donors (Lipinski definition) is 0. The van der Waals surface area contributed by atoms with Crippen molar-refractivity contribution >= 4 is 11.4 Å². The summed E-state index contributed by atoms with van der Waals surface area (Å²) >= 11 is 0. The Labute approximate surface area is 193 Å². The van der Waals surface area contributed by atoms with Crippen LogP contribution in [0, 0.1) is 5.41 Å². The van der Waals surface area contributed by atoms with Crippen LogP contribution >= 0.6 is 0 Å². The van der Waals surface area contributed by atoms with E-state index in [1.165, 1.54) is 39.5 Å². The van der Waals surface area contributed by atoms with Crippen LogP contribution in [0.25, 0.3) is 0 Å². The summed E-state index contributed by atoms with van der Waals surface area (Å²) in [6.07, 6.45) is 7.37. The zero-order valence-electron chi connectivity index (χ0n) is 20.2. The highest BCUT2D eigenvalue weighted by Gasteiger charge is 2.48. The number of allylic oxidation sites excluding steroid dienone is 5. The molecule has 2 aliphatic rings. The molecule has 2 aromatic rings. The van der Waals surface area contributed by atoms with Crippen molar-refractivity contribution in [3.05, 3.63) is 114 Å². The van der Waals surface area contributed by atoms with Gasteiger partial charge in [-0.15, -0.1) is 0 Å². The molecular formula is C30H35N2+. The molecule has 0 N–H and O–H groups in total.